The van der Waals surface area contributed by atoms with E-state index in [2.05, 4.69) is 18.7 Å². The van der Waals surface area contributed by atoms with E-state index in [1.54, 1.807) is 6.92 Å². The van der Waals surface area contributed by atoms with Crippen LogP contribution in [0.4, 0.5) is 0 Å². The minimum absolute atomic E-state index is 0.249. The molecule has 2 nitrogen and oxygen atoms in total. The van der Waals surface area contributed by atoms with Gasteiger partial charge in [0.1, 0.15) is 5.78 Å². The maximum absolute atomic E-state index is 10.5. The third-order valence-electron chi connectivity index (χ3n) is 1.34. The smallest absolute Gasteiger partial charge is 0.143 e. The Bertz CT molecular complexity index is 86.9. The van der Waals surface area contributed by atoms with E-state index in [4.69, 9.17) is 0 Å². The summed E-state index contributed by atoms with van der Waals surface area (Å²) >= 11 is 0. The number of rotatable bonds is 4. The van der Waals surface area contributed by atoms with Crippen LogP contribution in [0.3, 0.4) is 0 Å². The minimum atomic E-state index is 0.249. The van der Waals surface area contributed by atoms with Crippen molar-refractivity contribution in [3.8, 4) is 0 Å². The van der Waals surface area contributed by atoms with Crippen LogP contribution in [0.1, 0.15) is 20.8 Å². The molecular formula is C7H15NO. The summed E-state index contributed by atoms with van der Waals surface area (Å²) in [5, 5.41) is 0. The second-order valence-electron chi connectivity index (χ2n) is 2.16. The van der Waals surface area contributed by atoms with Crippen LogP contribution in [0, 0.1) is 0 Å². The Balaban J connectivity index is 3.43. The first-order chi connectivity index (χ1) is 4.20. The van der Waals surface area contributed by atoms with Crippen LogP contribution in [0.5, 0.6) is 0 Å². The van der Waals surface area contributed by atoms with Gasteiger partial charge in [-0.1, -0.05) is 13.8 Å². The van der Waals surface area contributed by atoms with Crippen molar-refractivity contribution in [2.24, 2.45) is 0 Å². The molecule has 0 heterocycles. The van der Waals surface area contributed by atoms with E-state index >= 15 is 0 Å². The average Bonchev–Trinajstić information content (AvgIpc) is 1.82. The molecule has 0 aromatic carbocycles. The molecule has 2 heteroatoms. The molecule has 0 N–H and O–H groups in total. The fourth-order valence-corrected chi connectivity index (χ4v) is 0.762. The monoisotopic (exact) mass is 129 g/mol. The number of carbonyl (C=O) groups excluding carboxylic acids is 1. The first-order valence-corrected chi connectivity index (χ1v) is 3.42. The van der Waals surface area contributed by atoms with Gasteiger partial charge in [0.25, 0.3) is 0 Å². The third-order valence-corrected chi connectivity index (χ3v) is 1.34. The maximum atomic E-state index is 10.5. The summed E-state index contributed by atoms with van der Waals surface area (Å²) in [4.78, 5) is 12.6. The Morgan fingerprint density at radius 3 is 1.89 bits per heavy atom. The second kappa shape index (κ2) is 4.50. The molecule has 0 fully saturated rings. The Labute approximate surface area is 56.9 Å². The first-order valence-electron chi connectivity index (χ1n) is 3.42. The van der Waals surface area contributed by atoms with Crippen molar-refractivity contribution >= 4 is 5.78 Å². The zero-order valence-electron chi connectivity index (χ0n) is 6.48. The summed E-state index contributed by atoms with van der Waals surface area (Å²) in [5.41, 5.74) is 0. The molecule has 0 atom stereocenters. The summed E-state index contributed by atoms with van der Waals surface area (Å²) in [7, 11) is 0. The van der Waals surface area contributed by atoms with Gasteiger partial charge in [-0.05, 0) is 20.0 Å². The summed E-state index contributed by atoms with van der Waals surface area (Å²) < 4.78 is 0. The number of hydrogen-bond acceptors (Lipinski definition) is 2. The number of carbonyl (C=O) groups is 1. The molecule has 9 heavy (non-hydrogen) atoms. The molecule has 0 radical (unpaired) electrons. The maximum Gasteiger partial charge on any atom is 0.143 e. The van der Waals surface area contributed by atoms with Gasteiger partial charge in [-0.15, -0.1) is 0 Å². The van der Waals surface area contributed by atoms with Gasteiger partial charge < -0.3 is 0 Å². The van der Waals surface area contributed by atoms with E-state index in [9.17, 15) is 4.79 Å². The fourth-order valence-electron chi connectivity index (χ4n) is 0.762. The second-order valence-corrected chi connectivity index (χ2v) is 2.16. The molecular weight excluding hydrogens is 114 g/mol. The summed E-state index contributed by atoms with van der Waals surface area (Å²) in [6.45, 7) is 8.29. The van der Waals surface area contributed by atoms with Crippen molar-refractivity contribution < 1.29 is 4.79 Å². The predicted octanol–water partition coefficient (Wildman–Crippen LogP) is 0.917. The van der Waals surface area contributed by atoms with Crippen LogP contribution in [0.2, 0.25) is 0 Å². The van der Waals surface area contributed by atoms with Crippen LogP contribution in [0.15, 0.2) is 0 Å². The van der Waals surface area contributed by atoms with Gasteiger partial charge in [0.2, 0.25) is 0 Å². The van der Waals surface area contributed by atoms with E-state index in [1.165, 1.54) is 0 Å². The highest BCUT2D eigenvalue weighted by atomic mass is 16.1. The fraction of sp³-hybridized carbons (Fsp3) is 0.857. The molecule has 0 aromatic rings. The van der Waals surface area contributed by atoms with Crippen LogP contribution in [0.25, 0.3) is 0 Å². The lowest BCUT2D eigenvalue weighted by atomic mass is 10.4. The van der Waals surface area contributed by atoms with Crippen LogP contribution >= 0.6 is 0 Å². The molecule has 54 valence electrons. The SMILES string of the molecule is CCN(CC)CC(C)=O. The van der Waals surface area contributed by atoms with Gasteiger partial charge in [-0.3, -0.25) is 9.69 Å². The lowest BCUT2D eigenvalue weighted by Gasteiger charge is -2.14. The number of nitrogens with zero attached hydrogens (tertiary/aromatic N) is 1. The van der Waals surface area contributed by atoms with Crippen molar-refractivity contribution in [2.45, 2.75) is 20.8 Å². The van der Waals surface area contributed by atoms with E-state index in [-0.39, 0.29) is 5.78 Å². The topological polar surface area (TPSA) is 20.3 Å². The van der Waals surface area contributed by atoms with E-state index < -0.39 is 0 Å². The predicted molar refractivity (Wildman–Crippen MR) is 38.5 cm³/mol. The molecule has 0 saturated heterocycles. The van der Waals surface area contributed by atoms with Crippen molar-refractivity contribution in [3.05, 3.63) is 0 Å². The molecule has 0 aliphatic rings. The Morgan fingerprint density at radius 2 is 1.78 bits per heavy atom. The van der Waals surface area contributed by atoms with Gasteiger partial charge in [0.15, 0.2) is 0 Å². The van der Waals surface area contributed by atoms with E-state index in [1.807, 2.05) is 0 Å². The zero-order chi connectivity index (χ0) is 7.28. The van der Waals surface area contributed by atoms with E-state index in [0.29, 0.717) is 6.54 Å². The summed E-state index contributed by atoms with van der Waals surface area (Å²) in [5.74, 6) is 0.249. The molecule has 0 aliphatic heterocycles. The minimum Gasteiger partial charge on any atom is -0.299 e. The van der Waals surface area contributed by atoms with Gasteiger partial charge in [-0.2, -0.15) is 0 Å². The number of ketones is 1. The van der Waals surface area contributed by atoms with Crippen molar-refractivity contribution in [1.82, 2.24) is 4.90 Å². The molecule has 0 aromatic heterocycles. The van der Waals surface area contributed by atoms with Gasteiger partial charge in [0.05, 0.1) is 6.54 Å². The first kappa shape index (κ1) is 8.63. The lowest BCUT2D eigenvalue weighted by Crippen LogP contribution is -2.27. The quantitative estimate of drug-likeness (QED) is 0.562. The van der Waals surface area contributed by atoms with Crippen molar-refractivity contribution in [2.75, 3.05) is 19.6 Å². The Kier molecular flexibility index (Phi) is 4.32. The molecule has 0 amide bonds. The number of Topliss-reactive ketones (excluding diaryl/α,β-unsaturated/α-hetero) is 1. The van der Waals surface area contributed by atoms with Crippen molar-refractivity contribution in [3.63, 3.8) is 0 Å². The molecule has 0 aliphatic carbocycles. The highest BCUT2D eigenvalue weighted by Crippen LogP contribution is 1.85. The highest BCUT2D eigenvalue weighted by molar-refractivity contribution is 5.77. The molecule has 0 saturated carbocycles. The standard InChI is InChI=1S/C7H15NO/c1-4-8(5-2)6-7(3)9/h4-6H2,1-3H3. The number of likely N-dealkylation sites (N-methyl/N-ethyl adjacent to an activating group) is 1. The van der Waals surface area contributed by atoms with Gasteiger partial charge in [-0.25, -0.2) is 0 Å². The third kappa shape index (κ3) is 4.15. The molecule has 0 spiro atoms. The normalized spacial score (nSPS) is 10.2. The lowest BCUT2D eigenvalue weighted by molar-refractivity contribution is -0.118. The van der Waals surface area contributed by atoms with Gasteiger partial charge in [0, 0.05) is 0 Å². The zero-order valence-corrected chi connectivity index (χ0v) is 6.48. The summed E-state index contributed by atoms with van der Waals surface area (Å²) in [6.07, 6.45) is 0. The van der Waals surface area contributed by atoms with Crippen LogP contribution in [-0.2, 0) is 4.79 Å². The molecule has 0 bridgehead atoms. The van der Waals surface area contributed by atoms with Crippen LogP contribution < -0.4 is 0 Å². The highest BCUT2D eigenvalue weighted by Gasteiger charge is 1.99. The average molecular weight is 129 g/mol. The largest absolute Gasteiger partial charge is 0.299 e. The van der Waals surface area contributed by atoms with Gasteiger partial charge >= 0.3 is 0 Å². The Morgan fingerprint density at radius 1 is 1.33 bits per heavy atom. The van der Waals surface area contributed by atoms with E-state index in [0.717, 1.165) is 13.1 Å². The Hall–Kier alpha value is -0.370. The van der Waals surface area contributed by atoms with Crippen molar-refractivity contribution in [1.29, 1.82) is 0 Å². The molecule has 0 rings (SSSR count). The summed E-state index contributed by atoms with van der Waals surface area (Å²) in [6, 6.07) is 0. The number of hydrogen-bond donors (Lipinski definition) is 0. The molecule has 0 unspecified atom stereocenters. The van der Waals surface area contributed by atoms with Crippen LogP contribution in [-0.4, -0.2) is 30.3 Å².